The number of para-hydroxylation sites is 2. The largest absolute Gasteiger partial charge is 0.484 e. The molecule has 4 aromatic rings. The van der Waals surface area contributed by atoms with Crippen molar-refractivity contribution in [2.24, 2.45) is 0 Å². The number of nitrogens with zero attached hydrogens (tertiary/aromatic N) is 3. The van der Waals surface area contributed by atoms with Gasteiger partial charge in [-0.15, -0.1) is 10.2 Å². The van der Waals surface area contributed by atoms with Gasteiger partial charge in [0.25, 0.3) is 16.7 Å². The highest BCUT2D eigenvalue weighted by atomic mass is 32.2. The average molecular weight is 366 g/mol. The van der Waals surface area contributed by atoms with Gasteiger partial charge in [-0.3, -0.25) is 4.79 Å². The molecular weight excluding hydrogens is 352 g/mol. The minimum absolute atomic E-state index is 0.159. The molecule has 0 bridgehead atoms. The zero-order valence-electron chi connectivity index (χ0n) is 13.6. The van der Waals surface area contributed by atoms with Crippen LogP contribution in [0.3, 0.4) is 0 Å². The lowest BCUT2D eigenvalue weighted by Crippen LogP contribution is -2.11. The third-order valence-corrected chi connectivity index (χ3v) is 4.38. The van der Waals surface area contributed by atoms with Crippen molar-refractivity contribution >= 4 is 22.7 Å². The lowest BCUT2D eigenvalue weighted by molar-refractivity contribution is 0.252. The van der Waals surface area contributed by atoms with Gasteiger partial charge < -0.3 is 14.1 Å². The van der Waals surface area contributed by atoms with Gasteiger partial charge >= 0.3 is 0 Å². The fourth-order valence-corrected chi connectivity index (χ4v) is 3.00. The van der Waals surface area contributed by atoms with E-state index in [1.807, 2.05) is 48.5 Å². The van der Waals surface area contributed by atoms with E-state index in [2.05, 4.69) is 20.2 Å². The minimum atomic E-state index is -0.159. The predicted octanol–water partition coefficient (Wildman–Crippen LogP) is 3.18. The molecule has 0 radical (unpaired) electrons. The van der Waals surface area contributed by atoms with E-state index in [-0.39, 0.29) is 12.2 Å². The molecule has 26 heavy (non-hydrogen) atoms. The van der Waals surface area contributed by atoms with Gasteiger partial charge in [0, 0.05) is 0 Å². The van der Waals surface area contributed by atoms with E-state index in [4.69, 9.17) is 9.15 Å². The molecular formula is C18H14N4O3S. The van der Waals surface area contributed by atoms with Crippen LogP contribution in [0.4, 0.5) is 0 Å². The Morgan fingerprint density at radius 1 is 1.04 bits per heavy atom. The van der Waals surface area contributed by atoms with Crippen LogP contribution in [0.2, 0.25) is 0 Å². The van der Waals surface area contributed by atoms with Crippen LogP contribution in [-0.4, -0.2) is 20.2 Å². The number of fused-ring (bicyclic) bond motifs is 1. The van der Waals surface area contributed by atoms with Crippen LogP contribution in [0.15, 0.2) is 69.0 Å². The second-order valence-electron chi connectivity index (χ2n) is 5.38. The topological polar surface area (TPSA) is 93.9 Å². The Morgan fingerprint density at radius 3 is 2.73 bits per heavy atom. The van der Waals surface area contributed by atoms with Gasteiger partial charge in [0.05, 0.1) is 16.7 Å². The number of aromatic amines is 1. The van der Waals surface area contributed by atoms with Gasteiger partial charge in [-0.05, 0) is 24.3 Å². The number of nitrogens with one attached hydrogen (secondary N) is 1. The number of hydrogen-bond acceptors (Lipinski definition) is 7. The van der Waals surface area contributed by atoms with Gasteiger partial charge in [-0.1, -0.05) is 42.1 Å². The van der Waals surface area contributed by atoms with Crippen molar-refractivity contribution in [3.05, 3.63) is 76.7 Å². The molecule has 0 aliphatic heterocycles. The van der Waals surface area contributed by atoms with E-state index >= 15 is 0 Å². The smallest absolute Gasteiger partial charge is 0.277 e. The summed E-state index contributed by atoms with van der Waals surface area (Å²) in [7, 11) is 0. The fraction of sp³-hybridized carbons (Fsp3) is 0.111. The molecule has 0 unspecified atom stereocenters. The monoisotopic (exact) mass is 366 g/mol. The quantitative estimate of drug-likeness (QED) is 0.524. The van der Waals surface area contributed by atoms with Gasteiger partial charge in [-0.2, -0.15) is 0 Å². The molecule has 2 heterocycles. The van der Waals surface area contributed by atoms with Gasteiger partial charge in [0.2, 0.25) is 0 Å². The molecule has 0 spiro atoms. The summed E-state index contributed by atoms with van der Waals surface area (Å²) in [5, 5.41) is 8.90. The van der Waals surface area contributed by atoms with Crippen molar-refractivity contribution in [3.63, 3.8) is 0 Å². The van der Waals surface area contributed by atoms with Crippen molar-refractivity contribution in [1.82, 2.24) is 20.2 Å². The normalized spacial score (nSPS) is 10.9. The number of benzene rings is 2. The van der Waals surface area contributed by atoms with Crippen LogP contribution in [0.1, 0.15) is 11.7 Å². The predicted molar refractivity (Wildman–Crippen MR) is 97.0 cm³/mol. The number of H-pyrrole nitrogens is 1. The molecule has 1 N–H and O–H groups in total. The van der Waals surface area contributed by atoms with Gasteiger partial charge in [0.15, 0.2) is 6.61 Å². The third-order valence-electron chi connectivity index (χ3n) is 3.55. The summed E-state index contributed by atoms with van der Waals surface area (Å²) in [5.74, 6) is 2.09. The fourth-order valence-electron chi connectivity index (χ4n) is 2.35. The van der Waals surface area contributed by atoms with Crippen LogP contribution < -0.4 is 10.3 Å². The van der Waals surface area contributed by atoms with Gasteiger partial charge in [0.1, 0.15) is 11.6 Å². The number of hydrogen-bond donors (Lipinski definition) is 1. The molecule has 0 amide bonds. The first kappa shape index (κ1) is 16.3. The number of thioether (sulfide) groups is 1. The molecule has 130 valence electrons. The SMILES string of the molecule is O=c1[nH]c(CSc2nnc(COc3ccccc3)o2)nc2ccccc12. The number of aromatic nitrogens is 4. The summed E-state index contributed by atoms with van der Waals surface area (Å²) in [6, 6.07) is 16.6. The highest BCUT2D eigenvalue weighted by molar-refractivity contribution is 7.98. The Kier molecular flexibility index (Phi) is 4.65. The lowest BCUT2D eigenvalue weighted by atomic mass is 10.2. The summed E-state index contributed by atoms with van der Waals surface area (Å²) >= 11 is 1.30. The van der Waals surface area contributed by atoms with Crippen molar-refractivity contribution in [1.29, 1.82) is 0 Å². The van der Waals surface area contributed by atoms with E-state index in [0.717, 1.165) is 5.75 Å². The Hall–Kier alpha value is -3.13. The molecule has 4 rings (SSSR count). The molecule has 0 atom stereocenters. The molecule has 0 saturated carbocycles. The van der Waals surface area contributed by atoms with E-state index in [9.17, 15) is 4.79 Å². The minimum Gasteiger partial charge on any atom is -0.484 e. The highest BCUT2D eigenvalue weighted by Crippen LogP contribution is 2.21. The van der Waals surface area contributed by atoms with Gasteiger partial charge in [-0.25, -0.2) is 4.98 Å². The Labute approximate surface area is 152 Å². The first-order valence-corrected chi connectivity index (χ1v) is 8.87. The maximum Gasteiger partial charge on any atom is 0.277 e. The maximum absolute atomic E-state index is 12.1. The summed E-state index contributed by atoms with van der Waals surface area (Å²) in [4.78, 5) is 19.3. The molecule has 2 aromatic carbocycles. The maximum atomic E-state index is 12.1. The standard InChI is InChI=1S/C18H14N4O3S/c23-17-13-8-4-5-9-14(13)19-15(20-17)11-26-18-22-21-16(25-18)10-24-12-6-2-1-3-7-12/h1-9H,10-11H2,(H,19,20,23). The van der Waals surface area contributed by atoms with Crippen LogP contribution in [0, 0.1) is 0 Å². The van der Waals surface area contributed by atoms with Crippen molar-refractivity contribution in [2.75, 3.05) is 0 Å². The third kappa shape index (κ3) is 3.75. The molecule has 0 fully saturated rings. The summed E-state index contributed by atoms with van der Waals surface area (Å²) in [6.45, 7) is 0.197. The Morgan fingerprint density at radius 2 is 1.85 bits per heavy atom. The van der Waals surface area contributed by atoms with Crippen LogP contribution >= 0.6 is 11.8 Å². The Balaban J connectivity index is 1.39. The molecule has 0 aliphatic carbocycles. The van der Waals surface area contributed by atoms with Crippen LogP contribution in [0.25, 0.3) is 10.9 Å². The number of rotatable bonds is 6. The summed E-state index contributed by atoms with van der Waals surface area (Å²) in [5.41, 5.74) is 0.503. The molecule has 8 heteroatoms. The molecule has 0 aliphatic rings. The van der Waals surface area contributed by atoms with Crippen LogP contribution in [0.5, 0.6) is 5.75 Å². The van der Waals surface area contributed by atoms with Crippen molar-refractivity contribution in [2.45, 2.75) is 17.6 Å². The van der Waals surface area contributed by atoms with Crippen molar-refractivity contribution in [3.8, 4) is 5.75 Å². The lowest BCUT2D eigenvalue weighted by Gasteiger charge is -2.02. The number of ether oxygens (including phenoxy) is 1. The van der Waals surface area contributed by atoms with Crippen LogP contribution in [-0.2, 0) is 12.4 Å². The van der Waals surface area contributed by atoms with E-state index in [1.165, 1.54) is 11.8 Å². The average Bonchev–Trinajstić information content (AvgIpc) is 3.14. The first-order valence-electron chi connectivity index (χ1n) is 7.89. The molecule has 7 nitrogen and oxygen atoms in total. The second kappa shape index (κ2) is 7.40. The summed E-state index contributed by atoms with van der Waals surface area (Å²) < 4.78 is 11.1. The molecule has 0 saturated heterocycles. The zero-order valence-corrected chi connectivity index (χ0v) is 14.4. The first-order chi connectivity index (χ1) is 12.8. The highest BCUT2D eigenvalue weighted by Gasteiger charge is 2.10. The summed E-state index contributed by atoms with van der Waals surface area (Å²) in [6.07, 6.45) is 0. The van der Waals surface area contributed by atoms with E-state index < -0.39 is 0 Å². The Bertz CT molecular complexity index is 1080. The van der Waals surface area contributed by atoms with E-state index in [0.29, 0.717) is 33.6 Å². The molecule has 2 aromatic heterocycles. The zero-order chi connectivity index (χ0) is 17.8. The second-order valence-corrected chi connectivity index (χ2v) is 6.31. The van der Waals surface area contributed by atoms with E-state index in [1.54, 1.807) is 6.07 Å². The van der Waals surface area contributed by atoms with Crippen molar-refractivity contribution < 1.29 is 9.15 Å².